The number of para-hydroxylation sites is 1. The number of benzene rings is 3. The van der Waals surface area contributed by atoms with Crippen LogP contribution >= 0.6 is 0 Å². The van der Waals surface area contributed by atoms with Crippen LogP contribution in [0.4, 0.5) is 5.69 Å². The van der Waals surface area contributed by atoms with E-state index in [2.05, 4.69) is 10.6 Å². The standard InChI is InChI=1S/C25H22N2O4/c1-16(17-9-3-2-4-10-17)26-23(28)20-13-7-8-14-21(20)27-24(29)22-15-18-11-5-6-12-19(18)25(30)31-22/h2-14,16,22H,15H2,1H3,(H,26,28)(H,27,29)/t16-,22+/m0/s1. The van der Waals surface area contributed by atoms with Crippen LogP contribution in [0.3, 0.4) is 0 Å². The van der Waals surface area contributed by atoms with Crippen molar-refractivity contribution in [3.05, 3.63) is 101 Å². The molecule has 1 heterocycles. The van der Waals surface area contributed by atoms with Crippen LogP contribution in [-0.2, 0) is 16.0 Å². The first-order valence-corrected chi connectivity index (χ1v) is 10.1. The molecule has 0 saturated heterocycles. The molecule has 6 nitrogen and oxygen atoms in total. The van der Waals surface area contributed by atoms with Gasteiger partial charge < -0.3 is 15.4 Å². The summed E-state index contributed by atoms with van der Waals surface area (Å²) >= 11 is 0. The number of carbonyl (C=O) groups excluding carboxylic acids is 3. The molecule has 2 N–H and O–H groups in total. The number of nitrogens with one attached hydrogen (secondary N) is 2. The van der Waals surface area contributed by atoms with E-state index in [0.717, 1.165) is 11.1 Å². The molecule has 3 aromatic rings. The van der Waals surface area contributed by atoms with E-state index in [1.165, 1.54) is 0 Å². The molecule has 1 aliphatic rings. The first-order valence-electron chi connectivity index (χ1n) is 10.1. The Balaban J connectivity index is 1.48. The van der Waals surface area contributed by atoms with Crippen molar-refractivity contribution in [2.24, 2.45) is 0 Å². The maximum Gasteiger partial charge on any atom is 0.339 e. The molecule has 2 atom stereocenters. The molecular formula is C25H22N2O4. The molecule has 3 aromatic carbocycles. The van der Waals surface area contributed by atoms with Crippen molar-refractivity contribution in [3.63, 3.8) is 0 Å². The first-order chi connectivity index (χ1) is 15.0. The van der Waals surface area contributed by atoms with Gasteiger partial charge >= 0.3 is 5.97 Å². The summed E-state index contributed by atoms with van der Waals surface area (Å²) in [6, 6.07) is 23.2. The molecule has 0 spiro atoms. The van der Waals surface area contributed by atoms with Crippen molar-refractivity contribution >= 4 is 23.5 Å². The number of fused-ring (bicyclic) bond motifs is 1. The summed E-state index contributed by atoms with van der Waals surface area (Å²) in [5, 5.41) is 5.70. The lowest BCUT2D eigenvalue weighted by Gasteiger charge is -2.24. The van der Waals surface area contributed by atoms with Crippen molar-refractivity contribution in [1.29, 1.82) is 0 Å². The number of anilines is 1. The topological polar surface area (TPSA) is 84.5 Å². The fourth-order valence-electron chi connectivity index (χ4n) is 3.58. The van der Waals surface area contributed by atoms with E-state index in [1.54, 1.807) is 36.4 Å². The van der Waals surface area contributed by atoms with Crippen molar-refractivity contribution in [2.45, 2.75) is 25.5 Å². The maximum absolute atomic E-state index is 12.9. The fourth-order valence-corrected chi connectivity index (χ4v) is 3.58. The predicted octanol–water partition coefficient (Wildman–Crippen LogP) is 3.90. The van der Waals surface area contributed by atoms with Crippen LogP contribution in [0, 0.1) is 0 Å². The zero-order valence-electron chi connectivity index (χ0n) is 17.0. The molecule has 0 bridgehead atoms. The number of esters is 1. The molecular weight excluding hydrogens is 392 g/mol. The van der Waals surface area contributed by atoms with Crippen LogP contribution in [0.5, 0.6) is 0 Å². The lowest BCUT2D eigenvalue weighted by molar-refractivity contribution is -0.125. The van der Waals surface area contributed by atoms with E-state index in [1.807, 2.05) is 49.4 Å². The molecule has 0 fully saturated rings. The number of rotatable bonds is 5. The van der Waals surface area contributed by atoms with Crippen LogP contribution in [-0.4, -0.2) is 23.9 Å². The molecule has 0 radical (unpaired) electrons. The largest absolute Gasteiger partial charge is 0.448 e. The van der Waals surface area contributed by atoms with E-state index in [4.69, 9.17) is 4.74 Å². The van der Waals surface area contributed by atoms with Gasteiger partial charge in [-0.3, -0.25) is 9.59 Å². The van der Waals surface area contributed by atoms with Gasteiger partial charge in [0.1, 0.15) is 0 Å². The van der Waals surface area contributed by atoms with Gasteiger partial charge in [0.15, 0.2) is 6.10 Å². The summed E-state index contributed by atoms with van der Waals surface area (Å²) in [7, 11) is 0. The highest BCUT2D eigenvalue weighted by molar-refractivity contribution is 6.06. The summed E-state index contributed by atoms with van der Waals surface area (Å²) in [6.07, 6.45) is -0.672. The minimum absolute atomic E-state index is 0.201. The third-order valence-corrected chi connectivity index (χ3v) is 5.26. The summed E-state index contributed by atoms with van der Waals surface area (Å²) in [5.74, 6) is -1.30. The number of carbonyl (C=O) groups is 3. The Kier molecular flexibility index (Phi) is 5.80. The molecule has 31 heavy (non-hydrogen) atoms. The van der Waals surface area contributed by atoms with Crippen LogP contribution in [0.2, 0.25) is 0 Å². The molecule has 6 heteroatoms. The van der Waals surface area contributed by atoms with Crippen LogP contribution in [0.25, 0.3) is 0 Å². The highest BCUT2D eigenvalue weighted by Gasteiger charge is 2.31. The second-order valence-corrected chi connectivity index (χ2v) is 7.40. The number of cyclic esters (lactones) is 1. The fraction of sp³-hybridized carbons (Fsp3) is 0.160. The Bertz CT molecular complexity index is 1130. The molecule has 0 unspecified atom stereocenters. The van der Waals surface area contributed by atoms with Crippen LogP contribution < -0.4 is 10.6 Å². The lowest BCUT2D eigenvalue weighted by Crippen LogP contribution is -2.38. The van der Waals surface area contributed by atoms with E-state index >= 15 is 0 Å². The number of hydrogen-bond donors (Lipinski definition) is 2. The van der Waals surface area contributed by atoms with Crippen LogP contribution in [0.15, 0.2) is 78.9 Å². The normalized spacial score (nSPS) is 15.9. The molecule has 2 amide bonds. The smallest absolute Gasteiger partial charge is 0.339 e. The lowest BCUT2D eigenvalue weighted by atomic mass is 9.98. The SMILES string of the molecule is C[C@H](NC(=O)c1ccccc1NC(=O)[C@H]1Cc2ccccc2C(=O)O1)c1ccccc1. The zero-order valence-corrected chi connectivity index (χ0v) is 17.0. The van der Waals surface area contributed by atoms with Gasteiger partial charge in [0.05, 0.1) is 22.9 Å². The van der Waals surface area contributed by atoms with E-state index in [0.29, 0.717) is 16.8 Å². The second-order valence-electron chi connectivity index (χ2n) is 7.40. The van der Waals surface area contributed by atoms with E-state index < -0.39 is 18.0 Å². The van der Waals surface area contributed by atoms with Crippen molar-refractivity contribution < 1.29 is 19.1 Å². The Morgan fingerprint density at radius 3 is 2.42 bits per heavy atom. The summed E-state index contributed by atoms with van der Waals surface area (Å²) in [6.45, 7) is 1.90. The minimum atomic E-state index is -0.957. The van der Waals surface area contributed by atoms with E-state index in [-0.39, 0.29) is 18.4 Å². The molecule has 0 aromatic heterocycles. The average molecular weight is 414 g/mol. The quantitative estimate of drug-likeness (QED) is 0.620. The van der Waals surface area contributed by atoms with E-state index in [9.17, 15) is 14.4 Å². The predicted molar refractivity (Wildman–Crippen MR) is 117 cm³/mol. The van der Waals surface area contributed by atoms with Gasteiger partial charge in [-0.05, 0) is 36.2 Å². The zero-order chi connectivity index (χ0) is 21.8. The summed E-state index contributed by atoms with van der Waals surface area (Å²) < 4.78 is 5.32. The molecule has 0 aliphatic carbocycles. The summed E-state index contributed by atoms with van der Waals surface area (Å²) in [4.78, 5) is 37.9. The Morgan fingerprint density at radius 1 is 0.935 bits per heavy atom. The van der Waals surface area contributed by atoms with Crippen molar-refractivity contribution in [1.82, 2.24) is 5.32 Å². The van der Waals surface area contributed by atoms with Gasteiger partial charge in [0.2, 0.25) is 0 Å². The highest BCUT2D eigenvalue weighted by Crippen LogP contribution is 2.23. The van der Waals surface area contributed by atoms with Gasteiger partial charge in [0.25, 0.3) is 11.8 Å². The third kappa shape index (κ3) is 4.48. The van der Waals surface area contributed by atoms with Crippen molar-refractivity contribution in [2.75, 3.05) is 5.32 Å². The van der Waals surface area contributed by atoms with Gasteiger partial charge in [-0.1, -0.05) is 60.7 Å². The minimum Gasteiger partial charge on any atom is -0.448 e. The van der Waals surface area contributed by atoms with Gasteiger partial charge in [-0.25, -0.2) is 4.79 Å². The van der Waals surface area contributed by atoms with Gasteiger partial charge in [0, 0.05) is 6.42 Å². The number of ether oxygens (including phenoxy) is 1. The molecule has 4 rings (SSSR count). The monoisotopic (exact) mass is 414 g/mol. The maximum atomic E-state index is 12.9. The Labute approximate surface area is 180 Å². The number of hydrogen-bond acceptors (Lipinski definition) is 4. The Morgan fingerprint density at radius 2 is 1.61 bits per heavy atom. The molecule has 0 saturated carbocycles. The van der Waals surface area contributed by atoms with Gasteiger partial charge in [-0.15, -0.1) is 0 Å². The number of amides is 2. The summed E-state index contributed by atoms with van der Waals surface area (Å²) in [5.41, 5.74) is 2.91. The first kappa shape index (κ1) is 20.3. The molecule has 156 valence electrons. The highest BCUT2D eigenvalue weighted by atomic mass is 16.5. The third-order valence-electron chi connectivity index (χ3n) is 5.26. The van der Waals surface area contributed by atoms with Gasteiger partial charge in [-0.2, -0.15) is 0 Å². The average Bonchev–Trinajstić information content (AvgIpc) is 2.80. The molecule has 1 aliphatic heterocycles. The Hall–Kier alpha value is -3.93. The second kappa shape index (κ2) is 8.83. The van der Waals surface area contributed by atoms with Crippen LogP contribution in [0.1, 0.15) is 44.8 Å². The van der Waals surface area contributed by atoms with Crippen molar-refractivity contribution in [3.8, 4) is 0 Å².